The number of methoxy groups -OCH3 is 1. The van der Waals surface area contributed by atoms with Crippen molar-refractivity contribution in [2.45, 2.75) is 57.5 Å². The monoisotopic (exact) mass is 361 g/mol. The van der Waals surface area contributed by atoms with E-state index >= 15 is 0 Å². The Bertz CT molecular complexity index is 529. The number of piperidine rings is 2. The Morgan fingerprint density at radius 1 is 1.15 bits per heavy atom. The predicted octanol–water partition coefficient (Wildman–Crippen LogP) is 3.01. The molecule has 5 nitrogen and oxygen atoms in total. The molecule has 0 bridgehead atoms. The van der Waals surface area contributed by atoms with Gasteiger partial charge >= 0.3 is 0 Å². The third kappa shape index (κ3) is 5.34. The van der Waals surface area contributed by atoms with E-state index in [-0.39, 0.29) is 0 Å². The van der Waals surface area contributed by atoms with Gasteiger partial charge in [-0.05, 0) is 63.2 Å². The van der Waals surface area contributed by atoms with E-state index in [0.29, 0.717) is 30.9 Å². The summed E-state index contributed by atoms with van der Waals surface area (Å²) in [6, 6.07) is 4.76. The second-order valence-corrected chi connectivity index (χ2v) is 7.86. The maximum atomic E-state index is 12.9. The van der Waals surface area contributed by atoms with Crippen LogP contribution >= 0.6 is 0 Å². The van der Waals surface area contributed by atoms with Crippen LogP contribution in [0.15, 0.2) is 24.5 Å². The first-order valence-electron chi connectivity index (χ1n) is 10.4. The minimum absolute atomic E-state index is 0.294. The van der Waals surface area contributed by atoms with Crippen molar-refractivity contribution >= 4 is 5.91 Å². The van der Waals surface area contributed by atoms with Crippen molar-refractivity contribution in [3.05, 3.63) is 24.5 Å². The van der Waals surface area contributed by atoms with Crippen LogP contribution in [0.5, 0.6) is 0 Å². The van der Waals surface area contributed by atoms with Gasteiger partial charge in [0.1, 0.15) is 0 Å². The molecule has 2 atom stereocenters. The van der Waals surface area contributed by atoms with Gasteiger partial charge in [-0.3, -0.25) is 4.79 Å². The number of ether oxygens (including phenoxy) is 1. The Hall–Kier alpha value is -1.33. The number of rotatable bonds is 9. The summed E-state index contributed by atoms with van der Waals surface area (Å²) in [6.07, 6.45) is 12.2. The maximum Gasteiger partial charge on any atom is 0.222 e. The van der Waals surface area contributed by atoms with Gasteiger partial charge in [-0.1, -0.05) is 6.42 Å². The molecule has 2 aliphatic heterocycles. The summed E-state index contributed by atoms with van der Waals surface area (Å²) in [7, 11) is 1.72. The van der Waals surface area contributed by atoms with Crippen molar-refractivity contribution in [2.24, 2.45) is 5.92 Å². The summed E-state index contributed by atoms with van der Waals surface area (Å²) in [4.78, 5) is 17.6. The van der Waals surface area contributed by atoms with Crippen LogP contribution in [0, 0.1) is 5.92 Å². The van der Waals surface area contributed by atoms with Crippen LogP contribution in [-0.2, 0) is 16.1 Å². The average molecular weight is 362 g/mol. The Labute approximate surface area is 158 Å². The number of carbonyl (C=O) groups is 1. The molecule has 2 saturated heterocycles. The van der Waals surface area contributed by atoms with Gasteiger partial charge in [-0.2, -0.15) is 0 Å². The van der Waals surface area contributed by atoms with Gasteiger partial charge in [0.15, 0.2) is 0 Å². The Balaban J connectivity index is 1.53. The lowest BCUT2D eigenvalue weighted by Crippen LogP contribution is -2.52. The van der Waals surface area contributed by atoms with Gasteiger partial charge in [0.25, 0.3) is 0 Å². The van der Waals surface area contributed by atoms with Crippen molar-refractivity contribution < 1.29 is 9.53 Å². The zero-order chi connectivity index (χ0) is 18.2. The number of aryl methyl sites for hydroxylation is 1. The van der Waals surface area contributed by atoms with E-state index in [4.69, 9.17) is 4.74 Å². The normalized spacial score (nSPS) is 23.6. The molecule has 0 N–H and O–H groups in total. The fraction of sp³-hybridized carbons (Fsp3) is 0.762. The lowest BCUT2D eigenvalue weighted by Gasteiger charge is -2.45. The highest BCUT2D eigenvalue weighted by molar-refractivity contribution is 5.76. The molecular formula is C21H35N3O2. The number of amides is 1. The van der Waals surface area contributed by atoms with E-state index in [2.05, 4.69) is 26.8 Å². The zero-order valence-electron chi connectivity index (χ0n) is 16.3. The fourth-order valence-electron chi connectivity index (χ4n) is 4.68. The second kappa shape index (κ2) is 10.1. The minimum Gasteiger partial charge on any atom is -0.383 e. The molecule has 146 valence electrons. The third-order valence-electron chi connectivity index (χ3n) is 6.07. The largest absolute Gasteiger partial charge is 0.383 e. The van der Waals surface area contributed by atoms with E-state index in [1.165, 1.54) is 45.2 Å². The number of fused-ring (bicyclic) bond motifs is 1. The summed E-state index contributed by atoms with van der Waals surface area (Å²) in [5.74, 6) is 0.927. The van der Waals surface area contributed by atoms with Crippen molar-refractivity contribution in [1.82, 2.24) is 14.4 Å². The van der Waals surface area contributed by atoms with E-state index in [0.717, 1.165) is 26.1 Å². The number of hydrogen-bond acceptors (Lipinski definition) is 3. The highest BCUT2D eigenvalue weighted by Gasteiger charge is 2.34. The smallest absolute Gasteiger partial charge is 0.222 e. The summed E-state index contributed by atoms with van der Waals surface area (Å²) in [6.45, 7) is 5.68. The van der Waals surface area contributed by atoms with Crippen LogP contribution in [0.3, 0.4) is 0 Å². The van der Waals surface area contributed by atoms with Crippen molar-refractivity contribution in [3.63, 3.8) is 0 Å². The topological polar surface area (TPSA) is 37.7 Å². The molecule has 0 unspecified atom stereocenters. The quantitative estimate of drug-likeness (QED) is 0.679. The highest BCUT2D eigenvalue weighted by atomic mass is 16.5. The molecule has 1 aromatic rings. The van der Waals surface area contributed by atoms with Gasteiger partial charge in [-0.15, -0.1) is 0 Å². The van der Waals surface area contributed by atoms with Crippen LogP contribution in [0.2, 0.25) is 0 Å². The van der Waals surface area contributed by atoms with E-state index < -0.39 is 0 Å². The lowest BCUT2D eigenvalue weighted by molar-refractivity contribution is -0.133. The number of nitrogens with zero attached hydrogens (tertiary/aromatic N) is 3. The highest BCUT2D eigenvalue weighted by Crippen LogP contribution is 2.31. The van der Waals surface area contributed by atoms with Gasteiger partial charge in [-0.25, -0.2) is 0 Å². The third-order valence-corrected chi connectivity index (χ3v) is 6.07. The maximum absolute atomic E-state index is 12.9. The molecule has 5 heteroatoms. The van der Waals surface area contributed by atoms with Crippen LogP contribution < -0.4 is 0 Å². The number of carbonyl (C=O) groups excluding carboxylic acids is 1. The molecule has 3 rings (SSSR count). The SMILES string of the molecule is COCCN(C[C@@H]1CCCN2CCCC[C@H]12)C(=O)CCCn1cccc1. The van der Waals surface area contributed by atoms with Gasteiger partial charge in [0.2, 0.25) is 5.91 Å². The Kier molecular flexibility index (Phi) is 7.56. The molecule has 3 heterocycles. The Morgan fingerprint density at radius 2 is 1.96 bits per heavy atom. The van der Waals surface area contributed by atoms with Crippen LogP contribution in [0.25, 0.3) is 0 Å². The molecule has 0 radical (unpaired) electrons. The average Bonchev–Trinajstić information content (AvgIpc) is 3.18. The molecule has 0 spiro atoms. The second-order valence-electron chi connectivity index (χ2n) is 7.86. The minimum atomic E-state index is 0.294. The number of aromatic nitrogens is 1. The molecule has 0 aliphatic carbocycles. The number of hydrogen-bond donors (Lipinski definition) is 0. The van der Waals surface area contributed by atoms with E-state index in [1.807, 2.05) is 12.1 Å². The fourth-order valence-corrected chi connectivity index (χ4v) is 4.68. The lowest BCUT2D eigenvalue weighted by atomic mass is 9.83. The van der Waals surface area contributed by atoms with Crippen LogP contribution in [0.4, 0.5) is 0 Å². The summed E-state index contributed by atoms with van der Waals surface area (Å²) < 4.78 is 7.42. The molecule has 1 amide bonds. The predicted molar refractivity (Wildman–Crippen MR) is 104 cm³/mol. The zero-order valence-corrected chi connectivity index (χ0v) is 16.3. The molecule has 2 fully saturated rings. The Morgan fingerprint density at radius 3 is 2.77 bits per heavy atom. The summed E-state index contributed by atoms with van der Waals surface area (Å²) in [5.41, 5.74) is 0. The van der Waals surface area contributed by atoms with Crippen molar-refractivity contribution in [2.75, 3.05) is 39.9 Å². The molecule has 2 aliphatic rings. The van der Waals surface area contributed by atoms with E-state index in [9.17, 15) is 4.79 Å². The van der Waals surface area contributed by atoms with Crippen LogP contribution in [0.1, 0.15) is 44.9 Å². The first kappa shape index (κ1) is 19.4. The van der Waals surface area contributed by atoms with Crippen molar-refractivity contribution in [1.29, 1.82) is 0 Å². The first-order chi connectivity index (χ1) is 12.8. The molecule has 26 heavy (non-hydrogen) atoms. The van der Waals surface area contributed by atoms with Crippen molar-refractivity contribution in [3.8, 4) is 0 Å². The van der Waals surface area contributed by atoms with Gasteiger partial charge < -0.3 is 19.1 Å². The van der Waals surface area contributed by atoms with Gasteiger partial charge in [0.05, 0.1) is 6.61 Å². The van der Waals surface area contributed by atoms with Gasteiger partial charge in [0, 0.05) is 51.6 Å². The standard InChI is InChI=1S/C21H35N3O2/c1-26-17-16-24(21(25)10-7-13-22-11-4-5-12-22)18-19-8-6-15-23-14-3-2-9-20(19)23/h4-5,11-12,19-20H,2-3,6-10,13-18H2,1H3/t19-,20+/m0/s1. The molecule has 0 aromatic carbocycles. The summed E-state index contributed by atoms with van der Waals surface area (Å²) >= 11 is 0. The summed E-state index contributed by atoms with van der Waals surface area (Å²) in [5, 5.41) is 0. The molecule has 1 aromatic heterocycles. The first-order valence-corrected chi connectivity index (χ1v) is 10.4. The van der Waals surface area contributed by atoms with Crippen LogP contribution in [-0.4, -0.2) is 66.2 Å². The molecule has 0 saturated carbocycles. The van der Waals surface area contributed by atoms with E-state index in [1.54, 1.807) is 7.11 Å². The molecular weight excluding hydrogens is 326 g/mol.